The van der Waals surface area contributed by atoms with Crippen LogP contribution in [0.1, 0.15) is 16.6 Å². The molecule has 0 amide bonds. The second kappa shape index (κ2) is 6.11. The lowest BCUT2D eigenvalue weighted by Crippen LogP contribution is -2.35. The number of carbonyl (C=O) groups excluding carboxylic acids is 1. The minimum Gasteiger partial charge on any atom is -0.465 e. The van der Waals surface area contributed by atoms with Crippen molar-refractivity contribution < 1.29 is 17.9 Å². The molecule has 0 spiro atoms. The largest absolute Gasteiger partial charge is 0.465 e. The lowest BCUT2D eigenvalue weighted by molar-refractivity contribution is 0.0606. The maximum absolute atomic E-state index is 11.9. The average Bonchev–Trinajstić information content (AvgIpc) is 2.68. The van der Waals surface area contributed by atoms with E-state index in [2.05, 4.69) is 25.4 Å². The smallest absolute Gasteiger partial charge is 0.348 e. The van der Waals surface area contributed by atoms with Crippen LogP contribution in [0.5, 0.6) is 0 Å². The standard InChI is InChI=1S/C9H13BrN2O4S2/c1-5(11)4-12-18(14,15)7-3-6(9(13)16-2)17-8(7)10/h3,5,12H,4,11H2,1-2H3. The van der Waals surface area contributed by atoms with Crippen molar-refractivity contribution in [2.75, 3.05) is 13.7 Å². The molecule has 0 aliphatic carbocycles. The Kier molecular flexibility index (Phi) is 5.29. The molecule has 1 unspecified atom stereocenters. The first-order valence-corrected chi connectivity index (χ1v) is 8.00. The summed E-state index contributed by atoms with van der Waals surface area (Å²) in [5, 5.41) is 0. The summed E-state index contributed by atoms with van der Waals surface area (Å²) in [5.41, 5.74) is 5.48. The molecule has 0 bridgehead atoms. The van der Waals surface area contributed by atoms with E-state index in [1.54, 1.807) is 6.92 Å². The molecule has 0 radical (unpaired) electrons. The number of methoxy groups -OCH3 is 1. The van der Waals surface area contributed by atoms with Crippen molar-refractivity contribution in [3.63, 3.8) is 0 Å². The highest BCUT2D eigenvalue weighted by atomic mass is 79.9. The molecule has 18 heavy (non-hydrogen) atoms. The second-order valence-electron chi connectivity index (χ2n) is 3.57. The van der Waals surface area contributed by atoms with Crippen molar-refractivity contribution in [3.8, 4) is 0 Å². The van der Waals surface area contributed by atoms with E-state index in [0.29, 0.717) is 3.79 Å². The van der Waals surface area contributed by atoms with Crippen molar-refractivity contribution in [2.45, 2.75) is 17.9 Å². The summed E-state index contributed by atoms with van der Waals surface area (Å²) in [6.45, 7) is 1.81. The molecule has 0 aliphatic rings. The van der Waals surface area contributed by atoms with Crippen LogP contribution in [-0.2, 0) is 14.8 Å². The minimum atomic E-state index is -3.68. The zero-order valence-corrected chi connectivity index (χ0v) is 13.0. The van der Waals surface area contributed by atoms with Gasteiger partial charge in [-0.1, -0.05) is 0 Å². The van der Waals surface area contributed by atoms with Crippen LogP contribution >= 0.6 is 27.3 Å². The fourth-order valence-corrected chi connectivity index (χ4v) is 4.68. The molecule has 1 aromatic rings. The fraction of sp³-hybridized carbons (Fsp3) is 0.444. The van der Waals surface area contributed by atoms with E-state index in [9.17, 15) is 13.2 Å². The lowest BCUT2D eigenvalue weighted by Gasteiger charge is -2.07. The van der Waals surface area contributed by atoms with Gasteiger partial charge in [0.1, 0.15) is 9.77 Å². The fourth-order valence-electron chi connectivity index (χ4n) is 1.06. The Hall–Kier alpha value is -0.480. The van der Waals surface area contributed by atoms with E-state index in [1.807, 2.05) is 0 Å². The van der Waals surface area contributed by atoms with Gasteiger partial charge in [0.25, 0.3) is 0 Å². The molecular formula is C9H13BrN2O4S2. The highest BCUT2D eigenvalue weighted by Crippen LogP contribution is 2.31. The quantitative estimate of drug-likeness (QED) is 0.764. The molecule has 0 saturated heterocycles. The van der Waals surface area contributed by atoms with Crippen molar-refractivity contribution in [3.05, 3.63) is 14.7 Å². The molecule has 1 rings (SSSR count). The third-order valence-electron chi connectivity index (χ3n) is 1.93. The van der Waals surface area contributed by atoms with Gasteiger partial charge in [0, 0.05) is 12.6 Å². The molecule has 3 N–H and O–H groups in total. The summed E-state index contributed by atoms with van der Waals surface area (Å²) in [4.78, 5) is 11.5. The SMILES string of the molecule is COC(=O)c1cc(S(=O)(=O)NCC(C)N)c(Br)s1. The van der Waals surface area contributed by atoms with Crippen molar-refractivity contribution in [2.24, 2.45) is 5.73 Å². The van der Waals surface area contributed by atoms with Crippen LogP contribution in [0.4, 0.5) is 0 Å². The first-order valence-electron chi connectivity index (χ1n) is 4.91. The predicted molar refractivity (Wildman–Crippen MR) is 72.2 cm³/mol. The summed E-state index contributed by atoms with van der Waals surface area (Å²) in [7, 11) is -2.45. The van der Waals surface area contributed by atoms with Gasteiger partial charge in [-0.3, -0.25) is 0 Å². The number of ether oxygens (including phenoxy) is 1. The van der Waals surface area contributed by atoms with Gasteiger partial charge in [-0.15, -0.1) is 11.3 Å². The van der Waals surface area contributed by atoms with Gasteiger partial charge in [0.15, 0.2) is 0 Å². The Labute approximate surface area is 118 Å². The van der Waals surface area contributed by atoms with Crippen LogP contribution in [-0.4, -0.2) is 34.1 Å². The molecular weight excluding hydrogens is 344 g/mol. The highest BCUT2D eigenvalue weighted by Gasteiger charge is 2.23. The number of thiophene rings is 1. The Balaban J connectivity index is 3.02. The van der Waals surface area contributed by atoms with E-state index in [-0.39, 0.29) is 22.4 Å². The van der Waals surface area contributed by atoms with Gasteiger partial charge in [-0.05, 0) is 28.9 Å². The maximum Gasteiger partial charge on any atom is 0.348 e. The summed E-state index contributed by atoms with van der Waals surface area (Å²) in [6, 6.07) is 0.974. The van der Waals surface area contributed by atoms with Crippen molar-refractivity contribution >= 4 is 43.3 Å². The van der Waals surface area contributed by atoms with Crippen LogP contribution in [0.15, 0.2) is 14.7 Å². The molecule has 102 valence electrons. The number of nitrogens with two attached hydrogens (primary N) is 1. The van der Waals surface area contributed by atoms with Crippen LogP contribution in [0.25, 0.3) is 0 Å². The van der Waals surface area contributed by atoms with Crippen LogP contribution in [0, 0.1) is 0 Å². The van der Waals surface area contributed by atoms with E-state index >= 15 is 0 Å². The molecule has 0 fully saturated rings. The van der Waals surface area contributed by atoms with Crippen molar-refractivity contribution in [1.82, 2.24) is 4.72 Å². The van der Waals surface area contributed by atoms with Crippen molar-refractivity contribution in [1.29, 1.82) is 0 Å². The molecule has 6 nitrogen and oxygen atoms in total. The Morgan fingerprint density at radius 1 is 1.67 bits per heavy atom. The number of nitrogens with one attached hydrogen (secondary N) is 1. The van der Waals surface area contributed by atoms with E-state index in [1.165, 1.54) is 13.2 Å². The summed E-state index contributed by atoms with van der Waals surface area (Å²) < 4.78 is 31.1. The zero-order valence-electron chi connectivity index (χ0n) is 9.77. The zero-order chi connectivity index (χ0) is 13.9. The number of hydrogen-bond donors (Lipinski definition) is 2. The van der Waals surface area contributed by atoms with Gasteiger partial charge in [0.2, 0.25) is 10.0 Å². The first kappa shape index (κ1) is 15.6. The summed E-state index contributed by atoms with van der Waals surface area (Å²) in [6.07, 6.45) is 0. The third-order valence-corrected chi connectivity index (χ3v) is 5.58. The van der Waals surface area contributed by atoms with Crippen LogP contribution < -0.4 is 10.5 Å². The average molecular weight is 357 g/mol. The van der Waals surface area contributed by atoms with Crippen LogP contribution in [0.3, 0.4) is 0 Å². The third kappa shape index (κ3) is 3.75. The number of carbonyl (C=O) groups is 1. The molecule has 1 aromatic heterocycles. The Morgan fingerprint density at radius 2 is 2.28 bits per heavy atom. The number of hydrogen-bond acceptors (Lipinski definition) is 6. The Bertz CT molecular complexity index is 539. The predicted octanol–water partition coefficient (Wildman–Crippen LogP) is 0.923. The van der Waals surface area contributed by atoms with E-state index < -0.39 is 16.0 Å². The highest BCUT2D eigenvalue weighted by molar-refractivity contribution is 9.11. The number of esters is 1. The van der Waals surface area contributed by atoms with Gasteiger partial charge >= 0.3 is 5.97 Å². The number of sulfonamides is 1. The van der Waals surface area contributed by atoms with Gasteiger partial charge in [-0.25, -0.2) is 17.9 Å². The maximum atomic E-state index is 11.9. The molecule has 1 heterocycles. The van der Waals surface area contributed by atoms with Crippen LogP contribution in [0.2, 0.25) is 0 Å². The van der Waals surface area contributed by atoms with E-state index in [4.69, 9.17) is 5.73 Å². The molecule has 1 atom stereocenters. The lowest BCUT2D eigenvalue weighted by atomic mass is 10.4. The minimum absolute atomic E-state index is 0.00792. The molecule has 0 aromatic carbocycles. The molecule has 0 saturated carbocycles. The van der Waals surface area contributed by atoms with E-state index in [0.717, 1.165) is 11.3 Å². The second-order valence-corrected chi connectivity index (χ2v) is 7.67. The summed E-state index contributed by atoms with van der Waals surface area (Å²) in [5.74, 6) is -0.575. The monoisotopic (exact) mass is 356 g/mol. The number of rotatable bonds is 5. The molecule has 0 aliphatic heterocycles. The first-order chi connectivity index (χ1) is 8.27. The topological polar surface area (TPSA) is 98.5 Å². The Morgan fingerprint density at radius 3 is 2.78 bits per heavy atom. The van der Waals surface area contributed by atoms with Gasteiger partial charge in [-0.2, -0.15) is 0 Å². The van der Waals surface area contributed by atoms with Gasteiger partial charge in [0.05, 0.1) is 10.9 Å². The summed E-state index contributed by atoms with van der Waals surface area (Å²) >= 11 is 4.12. The normalized spacial score (nSPS) is 13.3. The van der Waals surface area contributed by atoms with Gasteiger partial charge < -0.3 is 10.5 Å². The number of halogens is 1. The molecule has 9 heteroatoms.